The van der Waals surface area contributed by atoms with Crippen LogP contribution in [-0.2, 0) is 10.0 Å². The number of hydrogen-bond donors (Lipinski definition) is 2. The van der Waals surface area contributed by atoms with E-state index in [-0.39, 0.29) is 12.3 Å². The minimum Gasteiger partial charge on any atom is -0.357 e. The molecule has 0 aliphatic rings. The van der Waals surface area contributed by atoms with Gasteiger partial charge in [0.1, 0.15) is 0 Å². The molecular weight excluding hydrogens is 312 g/mol. The number of nitrogens with one attached hydrogen (secondary N) is 2. The summed E-state index contributed by atoms with van der Waals surface area (Å²) in [5, 5.41) is 6.53. The highest BCUT2D eigenvalue weighted by Crippen LogP contribution is 2.03. The lowest BCUT2D eigenvalue weighted by Crippen LogP contribution is -2.42. The first-order valence-corrected chi connectivity index (χ1v) is 10.5. The summed E-state index contributed by atoms with van der Waals surface area (Å²) in [5.41, 5.74) is 0. The van der Waals surface area contributed by atoms with Gasteiger partial charge in [-0.1, -0.05) is 40.0 Å². The molecule has 1 unspecified atom stereocenters. The van der Waals surface area contributed by atoms with E-state index in [1.165, 1.54) is 23.6 Å². The van der Waals surface area contributed by atoms with Gasteiger partial charge >= 0.3 is 0 Å². The second-order valence-electron chi connectivity index (χ2n) is 5.70. The Hall–Kier alpha value is -0.820. The summed E-state index contributed by atoms with van der Waals surface area (Å²) in [6.45, 7) is 12.1. The van der Waals surface area contributed by atoms with E-state index < -0.39 is 10.0 Å². The SMILES string of the molecule is CCCCCC(C)NC(=NCCS(=O)(=O)N(CC)CC)NCC. The van der Waals surface area contributed by atoms with E-state index in [1.807, 2.05) is 20.8 Å². The van der Waals surface area contributed by atoms with Crippen LogP contribution in [0.3, 0.4) is 0 Å². The highest BCUT2D eigenvalue weighted by atomic mass is 32.2. The number of nitrogens with zero attached hydrogens (tertiary/aromatic N) is 2. The summed E-state index contributed by atoms with van der Waals surface area (Å²) in [6, 6.07) is 0.332. The Kier molecular flexibility index (Phi) is 12.1. The molecule has 0 saturated heterocycles. The number of unbranched alkanes of at least 4 members (excludes halogenated alkanes) is 2. The topological polar surface area (TPSA) is 73.8 Å². The van der Waals surface area contributed by atoms with Gasteiger partial charge in [-0.3, -0.25) is 4.99 Å². The van der Waals surface area contributed by atoms with Crippen LogP contribution in [0.15, 0.2) is 4.99 Å². The van der Waals surface area contributed by atoms with E-state index in [0.29, 0.717) is 25.1 Å². The zero-order valence-corrected chi connectivity index (χ0v) is 16.4. The Labute approximate surface area is 143 Å². The van der Waals surface area contributed by atoms with Crippen molar-refractivity contribution in [1.29, 1.82) is 0 Å². The monoisotopic (exact) mass is 348 g/mol. The van der Waals surface area contributed by atoms with Gasteiger partial charge in [0.05, 0.1) is 12.3 Å². The van der Waals surface area contributed by atoms with Crippen molar-refractivity contribution in [3.8, 4) is 0 Å². The first-order valence-electron chi connectivity index (χ1n) is 8.93. The first-order chi connectivity index (χ1) is 10.9. The van der Waals surface area contributed by atoms with Gasteiger partial charge < -0.3 is 10.6 Å². The summed E-state index contributed by atoms with van der Waals surface area (Å²) in [7, 11) is -3.21. The molecule has 0 aromatic heterocycles. The summed E-state index contributed by atoms with van der Waals surface area (Å²) < 4.78 is 25.8. The molecular formula is C16H36N4O2S. The molecule has 0 heterocycles. The lowest BCUT2D eigenvalue weighted by Gasteiger charge is -2.19. The highest BCUT2D eigenvalue weighted by Gasteiger charge is 2.18. The van der Waals surface area contributed by atoms with Crippen molar-refractivity contribution in [3.63, 3.8) is 0 Å². The minimum atomic E-state index is -3.21. The maximum atomic E-state index is 12.1. The van der Waals surface area contributed by atoms with Gasteiger partial charge in [-0.25, -0.2) is 12.7 Å². The van der Waals surface area contributed by atoms with Crippen molar-refractivity contribution in [3.05, 3.63) is 0 Å². The summed E-state index contributed by atoms with van der Waals surface area (Å²) in [5.74, 6) is 0.751. The Morgan fingerprint density at radius 1 is 1.13 bits per heavy atom. The van der Waals surface area contributed by atoms with Crippen LogP contribution in [0.4, 0.5) is 0 Å². The number of aliphatic imine (C=N–C) groups is 1. The van der Waals surface area contributed by atoms with Crippen LogP contribution in [0.1, 0.15) is 60.3 Å². The normalized spacial score (nSPS) is 14.1. The molecule has 0 bridgehead atoms. The van der Waals surface area contributed by atoms with E-state index >= 15 is 0 Å². The fourth-order valence-electron chi connectivity index (χ4n) is 2.35. The molecule has 0 spiro atoms. The van der Waals surface area contributed by atoms with Crippen molar-refractivity contribution in [2.75, 3.05) is 31.9 Å². The first kappa shape index (κ1) is 22.2. The van der Waals surface area contributed by atoms with Crippen molar-refractivity contribution < 1.29 is 8.42 Å². The van der Waals surface area contributed by atoms with Gasteiger partial charge in [0, 0.05) is 25.7 Å². The molecule has 23 heavy (non-hydrogen) atoms. The van der Waals surface area contributed by atoms with Gasteiger partial charge in [0.25, 0.3) is 0 Å². The highest BCUT2D eigenvalue weighted by molar-refractivity contribution is 7.89. The average molecular weight is 349 g/mol. The van der Waals surface area contributed by atoms with Gasteiger partial charge in [-0.15, -0.1) is 0 Å². The minimum absolute atomic E-state index is 0.0511. The van der Waals surface area contributed by atoms with Crippen molar-refractivity contribution in [2.24, 2.45) is 4.99 Å². The number of guanidine groups is 1. The maximum absolute atomic E-state index is 12.1. The summed E-state index contributed by atoms with van der Waals surface area (Å²) in [4.78, 5) is 4.41. The molecule has 0 radical (unpaired) electrons. The predicted octanol–water partition coefficient (Wildman–Crippen LogP) is 2.18. The second kappa shape index (κ2) is 12.6. The van der Waals surface area contributed by atoms with Gasteiger partial charge in [0.2, 0.25) is 10.0 Å². The van der Waals surface area contributed by atoms with Crippen molar-refractivity contribution >= 4 is 16.0 Å². The standard InChI is InChI=1S/C16H36N4O2S/c1-6-10-11-12-15(5)19-16(17-7-2)18-13-14-23(21,22)20(8-3)9-4/h15H,6-14H2,1-5H3,(H2,17,18,19). The maximum Gasteiger partial charge on any atom is 0.215 e. The molecule has 6 nitrogen and oxygen atoms in total. The third-order valence-corrected chi connectivity index (χ3v) is 5.69. The van der Waals surface area contributed by atoms with E-state index in [2.05, 4.69) is 29.5 Å². The molecule has 0 saturated carbocycles. The predicted molar refractivity (Wildman–Crippen MR) is 99.4 cm³/mol. The van der Waals surface area contributed by atoms with Crippen molar-refractivity contribution in [2.45, 2.75) is 66.3 Å². The fourth-order valence-corrected chi connectivity index (χ4v) is 3.71. The zero-order chi connectivity index (χ0) is 17.7. The summed E-state index contributed by atoms with van der Waals surface area (Å²) >= 11 is 0. The van der Waals surface area contributed by atoms with Crippen LogP contribution in [0.25, 0.3) is 0 Å². The van der Waals surface area contributed by atoms with Crippen LogP contribution in [0.5, 0.6) is 0 Å². The zero-order valence-electron chi connectivity index (χ0n) is 15.6. The van der Waals surface area contributed by atoms with E-state index in [1.54, 1.807) is 0 Å². The van der Waals surface area contributed by atoms with Crippen LogP contribution in [-0.4, -0.2) is 56.7 Å². The molecule has 0 aromatic rings. The van der Waals surface area contributed by atoms with E-state index in [0.717, 1.165) is 13.0 Å². The molecule has 0 fully saturated rings. The van der Waals surface area contributed by atoms with Gasteiger partial charge in [0.15, 0.2) is 5.96 Å². The van der Waals surface area contributed by atoms with Gasteiger partial charge in [-0.05, 0) is 20.3 Å². The molecule has 7 heteroatoms. The smallest absolute Gasteiger partial charge is 0.215 e. The molecule has 0 aliphatic carbocycles. The average Bonchev–Trinajstić information content (AvgIpc) is 2.48. The van der Waals surface area contributed by atoms with Crippen molar-refractivity contribution in [1.82, 2.24) is 14.9 Å². The Bertz CT molecular complexity index is 420. The third-order valence-electron chi connectivity index (χ3n) is 3.69. The van der Waals surface area contributed by atoms with E-state index in [4.69, 9.17) is 0 Å². The molecule has 0 aliphatic heterocycles. The molecule has 0 rings (SSSR count). The number of rotatable bonds is 12. The Morgan fingerprint density at radius 2 is 1.78 bits per heavy atom. The van der Waals surface area contributed by atoms with Crippen LogP contribution >= 0.6 is 0 Å². The Morgan fingerprint density at radius 3 is 2.30 bits per heavy atom. The second-order valence-corrected chi connectivity index (χ2v) is 7.79. The largest absolute Gasteiger partial charge is 0.357 e. The number of sulfonamides is 1. The summed E-state index contributed by atoms with van der Waals surface area (Å²) in [6.07, 6.45) is 4.74. The molecule has 1 atom stereocenters. The van der Waals surface area contributed by atoms with Crippen LogP contribution in [0, 0.1) is 0 Å². The quantitative estimate of drug-likeness (QED) is 0.322. The van der Waals surface area contributed by atoms with E-state index in [9.17, 15) is 8.42 Å². The van der Waals surface area contributed by atoms with Crippen LogP contribution < -0.4 is 10.6 Å². The molecule has 2 N–H and O–H groups in total. The third kappa shape index (κ3) is 9.81. The Balaban J connectivity index is 4.51. The van der Waals surface area contributed by atoms with Gasteiger partial charge in [-0.2, -0.15) is 0 Å². The van der Waals surface area contributed by atoms with Crippen LogP contribution in [0.2, 0.25) is 0 Å². The number of hydrogen-bond acceptors (Lipinski definition) is 3. The lowest BCUT2D eigenvalue weighted by molar-refractivity contribution is 0.445. The lowest BCUT2D eigenvalue weighted by atomic mass is 10.1. The molecule has 138 valence electrons. The molecule has 0 amide bonds. The fraction of sp³-hybridized carbons (Fsp3) is 0.938. The molecule has 0 aromatic carbocycles.